The van der Waals surface area contributed by atoms with E-state index in [0.717, 1.165) is 11.3 Å². The largest absolute Gasteiger partial charge is 0.296 e. The predicted molar refractivity (Wildman–Crippen MR) is 103 cm³/mol. The van der Waals surface area contributed by atoms with Crippen molar-refractivity contribution in [3.8, 4) is 0 Å². The van der Waals surface area contributed by atoms with Crippen LogP contribution in [0.15, 0.2) is 53.4 Å². The number of carbonyl (C=O) groups excluding carboxylic acids is 1. The molecule has 144 valence electrons. The van der Waals surface area contributed by atoms with Crippen LogP contribution in [0.25, 0.3) is 0 Å². The maximum absolute atomic E-state index is 12.4. The van der Waals surface area contributed by atoms with Crippen molar-refractivity contribution >= 4 is 37.9 Å². The normalized spacial score (nSPS) is 11.2. The fourth-order valence-electron chi connectivity index (χ4n) is 2.41. The fourth-order valence-corrected chi connectivity index (χ4v) is 4.76. The zero-order valence-electron chi connectivity index (χ0n) is 14.5. The number of sulfone groups is 1. The number of nitro groups is 1. The minimum atomic E-state index is -3.57. The van der Waals surface area contributed by atoms with Crippen LogP contribution >= 0.6 is 11.3 Å². The molecule has 11 heteroatoms. The van der Waals surface area contributed by atoms with Crippen molar-refractivity contribution < 1.29 is 18.1 Å². The number of nitrogens with zero attached hydrogens (tertiary/aromatic N) is 3. The summed E-state index contributed by atoms with van der Waals surface area (Å²) < 4.78 is 24.8. The van der Waals surface area contributed by atoms with E-state index in [1.165, 1.54) is 37.3 Å². The average Bonchev–Trinajstić information content (AvgIpc) is 3.08. The fraction of sp³-hybridized carbons (Fsp3) is 0.118. The lowest BCUT2D eigenvalue weighted by Gasteiger charge is -2.03. The molecule has 28 heavy (non-hydrogen) atoms. The smallest absolute Gasteiger partial charge is 0.272 e. The second kappa shape index (κ2) is 7.82. The first-order valence-corrected chi connectivity index (χ1v) is 10.4. The van der Waals surface area contributed by atoms with E-state index in [9.17, 15) is 23.3 Å². The first kappa shape index (κ1) is 19.6. The highest BCUT2D eigenvalue weighted by Crippen LogP contribution is 2.23. The van der Waals surface area contributed by atoms with Gasteiger partial charge in [0.25, 0.3) is 11.6 Å². The molecule has 0 fully saturated rings. The molecule has 0 saturated heterocycles. The Labute approximate surface area is 164 Å². The van der Waals surface area contributed by atoms with Crippen LogP contribution < -0.4 is 5.32 Å². The summed E-state index contributed by atoms with van der Waals surface area (Å²) in [5, 5.41) is 21.4. The summed E-state index contributed by atoms with van der Waals surface area (Å²) in [5.74, 6) is -0.854. The molecule has 0 spiro atoms. The first-order valence-electron chi connectivity index (χ1n) is 7.93. The Morgan fingerprint density at radius 1 is 1.18 bits per heavy atom. The molecule has 0 unspecified atom stereocenters. The SMILES string of the molecule is Cc1cc(C(=O)Nc2nnc(CS(=O)(=O)c3ccccc3)s2)ccc1[N+](=O)[O-]. The van der Waals surface area contributed by atoms with Gasteiger partial charge in [-0.25, -0.2) is 8.42 Å². The van der Waals surface area contributed by atoms with E-state index < -0.39 is 20.7 Å². The maximum atomic E-state index is 12.4. The van der Waals surface area contributed by atoms with E-state index in [1.807, 2.05) is 0 Å². The molecule has 1 N–H and O–H groups in total. The average molecular weight is 418 g/mol. The zero-order chi connectivity index (χ0) is 20.3. The third-order valence-corrected chi connectivity index (χ3v) is 6.42. The second-order valence-electron chi connectivity index (χ2n) is 5.79. The summed E-state index contributed by atoms with van der Waals surface area (Å²) >= 11 is 0.948. The summed E-state index contributed by atoms with van der Waals surface area (Å²) in [6, 6.07) is 12.0. The number of nitrogens with one attached hydrogen (secondary N) is 1. The predicted octanol–water partition coefficient (Wildman–Crippen LogP) is 2.98. The molecule has 0 saturated carbocycles. The lowest BCUT2D eigenvalue weighted by molar-refractivity contribution is -0.385. The van der Waals surface area contributed by atoms with E-state index in [4.69, 9.17) is 0 Å². The van der Waals surface area contributed by atoms with Crippen LogP contribution in [-0.4, -0.2) is 29.4 Å². The standard InChI is InChI=1S/C17H14N4O5S2/c1-11-9-12(7-8-14(11)21(23)24)16(22)18-17-20-19-15(27-17)10-28(25,26)13-5-3-2-4-6-13/h2-9H,10H2,1H3,(H,18,20,22). The number of aromatic nitrogens is 2. The Hall–Kier alpha value is -3.18. The van der Waals surface area contributed by atoms with Crippen molar-refractivity contribution in [2.75, 3.05) is 5.32 Å². The topological polar surface area (TPSA) is 132 Å². The van der Waals surface area contributed by atoms with Crippen LogP contribution in [0.2, 0.25) is 0 Å². The molecule has 1 heterocycles. The van der Waals surface area contributed by atoms with E-state index in [-0.39, 0.29) is 32.0 Å². The van der Waals surface area contributed by atoms with Crippen LogP contribution in [0.5, 0.6) is 0 Å². The summed E-state index contributed by atoms with van der Waals surface area (Å²) in [5.41, 5.74) is 0.488. The van der Waals surface area contributed by atoms with Gasteiger partial charge in [0.2, 0.25) is 5.13 Å². The van der Waals surface area contributed by atoms with Crippen molar-refractivity contribution in [3.05, 3.63) is 74.8 Å². The van der Waals surface area contributed by atoms with Gasteiger partial charge in [-0.2, -0.15) is 0 Å². The number of rotatable bonds is 6. The minimum absolute atomic E-state index is 0.0825. The van der Waals surface area contributed by atoms with Gasteiger partial charge in [0, 0.05) is 17.2 Å². The van der Waals surface area contributed by atoms with Gasteiger partial charge in [-0.3, -0.25) is 20.2 Å². The summed E-state index contributed by atoms with van der Waals surface area (Å²) in [7, 11) is -3.57. The Morgan fingerprint density at radius 3 is 2.54 bits per heavy atom. The number of nitro benzene ring substituents is 1. The quantitative estimate of drug-likeness (QED) is 0.481. The number of aryl methyl sites for hydroxylation is 1. The number of hydrogen-bond acceptors (Lipinski definition) is 8. The van der Waals surface area contributed by atoms with E-state index in [0.29, 0.717) is 5.56 Å². The van der Waals surface area contributed by atoms with Crippen molar-refractivity contribution in [1.82, 2.24) is 10.2 Å². The number of hydrogen-bond donors (Lipinski definition) is 1. The Morgan fingerprint density at radius 2 is 1.89 bits per heavy atom. The van der Waals surface area contributed by atoms with Crippen LogP contribution in [-0.2, 0) is 15.6 Å². The number of amides is 1. The molecular formula is C17H14N4O5S2. The van der Waals surface area contributed by atoms with Gasteiger partial charge in [0.1, 0.15) is 10.8 Å². The minimum Gasteiger partial charge on any atom is -0.296 e. The highest BCUT2D eigenvalue weighted by atomic mass is 32.2. The lowest BCUT2D eigenvalue weighted by atomic mass is 10.1. The molecule has 2 aromatic carbocycles. The third-order valence-electron chi connectivity index (χ3n) is 3.76. The molecule has 1 aromatic heterocycles. The molecule has 0 aliphatic heterocycles. The Balaban J connectivity index is 1.72. The van der Waals surface area contributed by atoms with Gasteiger partial charge in [0.15, 0.2) is 9.84 Å². The number of benzene rings is 2. The van der Waals surface area contributed by atoms with E-state index >= 15 is 0 Å². The molecular weight excluding hydrogens is 404 g/mol. The van der Waals surface area contributed by atoms with E-state index in [1.54, 1.807) is 18.2 Å². The van der Waals surface area contributed by atoms with Gasteiger partial charge >= 0.3 is 0 Å². The lowest BCUT2D eigenvalue weighted by Crippen LogP contribution is -2.12. The number of carbonyl (C=O) groups is 1. The molecule has 3 rings (SSSR count). The summed E-state index contributed by atoms with van der Waals surface area (Å²) in [4.78, 5) is 22.8. The van der Waals surface area contributed by atoms with Gasteiger partial charge in [-0.05, 0) is 31.2 Å². The van der Waals surface area contributed by atoms with Crippen LogP contribution in [0, 0.1) is 17.0 Å². The Kier molecular flexibility index (Phi) is 5.47. The highest BCUT2D eigenvalue weighted by molar-refractivity contribution is 7.90. The van der Waals surface area contributed by atoms with Gasteiger partial charge < -0.3 is 0 Å². The molecule has 0 radical (unpaired) electrons. The molecule has 1 amide bonds. The van der Waals surface area contributed by atoms with Gasteiger partial charge in [-0.1, -0.05) is 29.5 Å². The van der Waals surface area contributed by atoms with Crippen molar-refractivity contribution in [2.45, 2.75) is 17.6 Å². The monoisotopic (exact) mass is 418 g/mol. The Bertz CT molecular complexity index is 1140. The zero-order valence-corrected chi connectivity index (χ0v) is 16.2. The van der Waals surface area contributed by atoms with Crippen LogP contribution in [0.1, 0.15) is 20.9 Å². The maximum Gasteiger partial charge on any atom is 0.272 e. The highest BCUT2D eigenvalue weighted by Gasteiger charge is 2.19. The number of anilines is 1. The third kappa shape index (κ3) is 4.38. The van der Waals surface area contributed by atoms with E-state index in [2.05, 4.69) is 15.5 Å². The van der Waals surface area contributed by atoms with Gasteiger partial charge in [0.05, 0.1) is 9.82 Å². The molecule has 9 nitrogen and oxygen atoms in total. The second-order valence-corrected chi connectivity index (χ2v) is 8.84. The molecule has 0 bridgehead atoms. The van der Waals surface area contributed by atoms with Gasteiger partial charge in [-0.15, -0.1) is 10.2 Å². The van der Waals surface area contributed by atoms with Crippen LogP contribution in [0.4, 0.5) is 10.8 Å². The van der Waals surface area contributed by atoms with Crippen molar-refractivity contribution in [3.63, 3.8) is 0 Å². The summed E-state index contributed by atoms with van der Waals surface area (Å²) in [6.45, 7) is 1.53. The van der Waals surface area contributed by atoms with Crippen LogP contribution in [0.3, 0.4) is 0 Å². The molecule has 0 atom stereocenters. The summed E-state index contributed by atoms with van der Waals surface area (Å²) in [6.07, 6.45) is 0. The molecule has 0 aliphatic carbocycles. The van der Waals surface area contributed by atoms with Crippen molar-refractivity contribution in [1.29, 1.82) is 0 Å². The van der Waals surface area contributed by atoms with Crippen molar-refractivity contribution in [2.24, 2.45) is 0 Å². The first-order chi connectivity index (χ1) is 13.3. The molecule has 3 aromatic rings. The molecule has 0 aliphatic rings.